The first kappa shape index (κ1) is 20.4. The summed E-state index contributed by atoms with van der Waals surface area (Å²) in [6.45, 7) is 0. The van der Waals surface area contributed by atoms with Crippen LogP contribution in [0.4, 0.5) is 0 Å². The van der Waals surface area contributed by atoms with E-state index in [4.69, 9.17) is 25.8 Å². The van der Waals surface area contributed by atoms with E-state index in [1.807, 2.05) is 6.07 Å². The predicted molar refractivity (Wildman–Crippen MR) is 116 cm³/mol. The third-order valence-electron chi connectivity index (χ3n) is 4.41. The van der Waals surface area contributed by atoms with Crippen LogP contribution >= 0.6 is 11.6 Å². The Morgan fingerprint density at radius 3 is 2.45 bits per heavy atom. The van der Waals surface area contributed by atoms with Gasteiger partial charge in [-0.25, -0.2) is 14.6 Å². The van der Waals surface area contributed by atoms with Crippen LogP contribution in [0.3, 0.4) is 0 Å². The molecule has 0 aromatic heterocycles. The zero-order valence-corrected chi connectivity index (χ0v) is 17.1. The smallest absolute Gasteiger partial charge is 0.363 e. The fourth-order valence-corrected chi connectivity index (χ4v) is 3.00. The molecule has 31 heavy (non-hydrogen) atoms. The Balaban J connectivity index is 1.57. The first-order chi connectivity index (χ1) is 15.0. The van der Waals surface area contributed by atoms with Crippen LogP contribution in [0, 0.1) is 0 Å². The molecule has 0 unspecified atom stereocenters. The molecule has 0 atom stereocenters. The monoisotopic (exact) mass is 433 g/mol. The summed E-state index contributed by atoms with van der Waals surface area (Å²) in [7, 11) is 1.47. The van der Waals surface area contributed by atoms with Gasteiger partial charge in [0.15, 0.2) is 17.2 Å². The summed E-state index contributed by atoms with van der Waals surface area (Å²) < 4.78 is 16.0. The fraction of sp³-hybridized carbons (Fsp3) is 0.0417. The number of aliphatic imine (C=N–C) groups is 1. The molecule has 0 fully saturated rings. The van der Waals surface area contributed by atoms with Crippen molar-refractivity contribution in [3.63, 3.8) is 0 Å². The Labute approximate surface area is 183 Å². The van der Waals surface area contributed by atoms with Crippen LogP contribution in [0.5, 0.6) is 11.5 Å². The van der Waals surface area contributed by atoms with E-state index in [2.05, 4.69) is 4.99 Å². The molecule has 1 heterocycles. The molecule has 0 saturated carbocycles. The molecule has 7 heteroatoms. The normalized spacial score (nSPS) is 14.2. The van der Waals surface area contributed by atoms with Crippen LogP contribution in [0.2, 0.25) is 5.02 Å². The predicted octanol–water partition coefficient (Wildman–Crippen LogP) is 4.91. The average Bonchev–Trinajstić information content (AvgIpc) is 3.15. The molecule has 154 valence electrons. The van der Waals surface area contributed by atoms with Crippen molar-refractivity contribution in [3.8, 4) is 11.5 Å². The molecular weight excluding hydrogens is 418 g/mol. The van der Waals surface area contributed by atoms with Crippen molar-refractivity contribution in [2.45, 2.75) is 0 Å². The van der Waals surface area contributed by atoms with Gasteiger partial charge in [-0.15, -0.1) is 0 Å². The van der Waals surface area contributed by atoms with Crippen molar-refractivity contribution >= 4 is 35.5 Å². The third-order valence-corrected chi connectivity index (χ3v) is 4.67. The number of carbonyl (C=O) groups excluding carboxylic acids is 2. The van der Waals surface area contributed by atoms with E-state index in [1.54, 1.807) is 72.8 Å². The van der Waals surface area contributed by atoms with Crippen molar-refractivity contribution < 1.29 is 23.8 Å². The molecule has 0 amide bonds. The molecule has 3 aromatic carbocycles. The standard InChI is InChI=1S/C24H16ClNO5/c1-29-21-14-15(7-12-20(21)30-23(27)17-5-3-2-4-6-17)13-19-24(28)31-22(26-19)16-8-10-18(25)11-9-16/h2-14H,1H3/b19-13-. The topological polar surface area (TPSA) is 74.2 Å². The van der Waals surface area contributed by atoms with Crippen LogP contribution in [-0.2, 0) is 9.53 Å². The highest BCUT2D eigenvalue weighted by molar-refractivity contribution is 6.30. The maximum Gasteiger partial charge on any atom is 0.363 e. The molecule has 0 radical (unpaired) electrons. The maximum absolute atomic E-state index is 12.3. The van der Waals surface area contributed by atoms with Gasteiger partial charge in [-0.3, -0.25) is 0 Å². The van der Waals surface area contributed by atoms with Gasteiger partial charge < -0.3 is 14.2 Å². The third kappa shape index (κ3) is 4.65. The lowest BCUT2D eigenvalue weighted by atomic mass is 10.1. The highest BCUT2D eigenvalue weighted by Gasteiger charge is 2.24. The van der Waals surface area contributed by atoms with Crippen LogP contribution < -0.4 is 9.47 Å². The Bertz CT molecular complexity index is 1200. The molecule has 6 nitrogen and oxygen atoms in total. The summed E-state index contributed by atoms with van der Waals surface area (Å²) in [6.07, 6.45) is 1.57. The largest absolute Gasteiger partial charge is 0.493 e. The lowest BCUT2D eigenvalue weighted by molar-refractivity contribution is -0.129. The maximum atomic E-state index is 12.3. The van der Waals surface area contributed by atoms with Gasteiger partial charge in [-0.05, 0) is 60.2 Å². The number of esters is 2. The summed E-state index contributed by atoms with van der Waals surface area (Å²) in [4.78, 5) is 28.8. The van der Waals surface area contributed by atoms with Crippen LogP contribution in [0.1, 0.15) is 21.5 Å². The number of cyclic esters (lactones) is 1. The number of carbonyl (C=O) groups is 2. The van der Waals surface area contributed by atoms with E-state index >= 15 is 0 Å². The second-order valence-corrected chi connectivity index (χ2v) is 6.95. The molecule has 1 aliphatic rings. The lowest BCUT2D eigenvalue weighted by Gasteiger charge is -2.10. The summed E-state index contributed by atoms with van der Waals surface area (Å²) in [5.74, 6) is -0.261. The minimum absolute atomic E-state index is 0.140. The highest BCUT2D eigenvalue weighted by Crippen LogP contribution is 2.30. The molecule has 1 aliphatic heterocycles. The zero-order valence-electron chi connectivity index (χ0n) is 16.4. The summed E-state index contributed by atoms with van der Waals surface area (Å²) in [5, 5.41) is 0.574. The van der Waals surface area contributed by atoms with Gasteiger partial charge in [0.2, 0.25) is 5.90 Å². The Kier molecular flexibility index (Phi) is 5.82. The SMILES string of the molecule is COc1cc(/C=C2\N=C(c3ccc(Cl)cc3)OC2=O)ccc1OC(=O)c1ccccc1. The zero-order chi connectivity index (χ0) is 21.8. The van der Waals surface area contributed by atoms with E-state index < -0.39 is 11.9 Å². The van der Waals surface area contributed by atoms with Crippen molar-refractivity contribution in [2.75, 3.05) is 7.11 Å². The quantitative estimate of drug-likeness (QED) is 0.324. The van der Waals surface area contributed by atoms with Gasteiger partial charge in [0.1, 0.15) is 0 Å². The van der Waals surface area contributed by atoms with E-state index in [0.29, 0.717) is 27.5 Å². The molecular formula is C24H16ClNO5. The van der Waals surface area contributed by atoms with Crippen molar-refractivity contribution in [1.82, 2.24) is 0 Å². The summed E-state index contributed by atoms with van der Waals surface area (Å²) >= 11 is 5.89. The Morgan fingerprint density at radius 1 is 1.00 bits per heavy atom. The minimum Gasteiger partial charge on any atom is -0.493 e. The van der Waals surface area contributed by atoms with Crippen LogP contribution in [-0.4, -0.2) is 24.9 Å². The molecule has 3 aromatic rings. The second kappa shape index (κ2) is 8.85. The van der Waals surface area contributed by atoms with E-state index in [1.165, 1.54) is 7.11 Å². The number of nitrogens with zero attached hydrogens (tertiary/aromatic N) is 1. The summed E-state index contributed by atoms with van der Waals surface area (Å²) in [5.41, 5.74) is 1.83. The molecule has 0 N–H and O–H groups in total. The highest BCUT2D eigenvalue weighted by atomic mass is 35.5. The first-order valence-corrected chi connectivity index (χ1v) is 9.65. The number of hydrogen-bond donors (Lipinski definition) is 0. The minimum atomic E-state index is -0.566. The van der Waals surface area contributed by atoms with E-state index in [-0.39, 0.29) is 17.3 Å². The van der Waals surface area contributed by atoms with Crippen LogP contribution in [0.15, 0.2) is 83.5 Å². The van der Waals surface area contributed by atoms with Gasteiger partial charge in [-0.2, -0.15) is 0 Å². The number of benzene rings is 3. The van der Waals surface area contributed by atoms with Gasteiger partial charge >= 0.3 is 11.9 Å². The van der Waals surface area contributed by atoms with E-state index in [9.17, 15) is 9.59 Å². The van der Waals surface area contributed by atoms with E-state index in [0.717, 1.165) is 0 Å². The lowest BCUT2D eigenvalue weighted by Crippen LogP contribution is -2.09. The van der Waals surface area contributed by atoms with Gasteiger partial charge in [0.05, 0.1) is 12.7 Å². The number of halogens is 1. The number of rotatable bonds is 5. The Hall–Kier alpha value is -3.90. The number of hydrogen-bond acceptors (Lipinski definition) is 6. The fourth-order valence-electron chi connectivity index (χ4n) is 2.87. The summed E-state index contributed by atoms with van der Waals surface area (Å²) in [6, 6.07) is 20.4. The van der Waals surface area contributed by atoms with Crippen molar-refractivity contribution in [3.05, 3.63) is 100 Å². The number of ether oxygens (including phenoxy) is 3. The molecule has 0 spiro atoms. The van der Waals surface area contributed by atoms with Gasteiger partial charge in [0.25, 0.3) is 0 Å². The van der Waals surface area contributed by atoms with Gasteiger partial charge in [0, 0.05) is 10.6 Å². The van der Waals surface area contributed by atoms with Crippen LogP contribution in [0.25, 0.3) is 6.08 Å². The van der Waals surface area contributed by atoms with Crippen molar-refractivity contribution in [1.29, 1.82) is 0 Å². The van der Waals surface area contributed by atoms with Gasteiger partial charge in [-0.1, -0.05) is 35.9 Å². The van der Waals surface area contributed by atoms with Crippen molar-refractivity contribution in [2.24, 2.45) is 4.99 Å². The molecule has 4 rings (SSSR count). The molecule has 0 saturated heterocycles. The Morgan fingerprint density at radius 2 is 1.74 bits per heavy atom. The molecule has 0 aliphatic carbocycles. The molecule has 0 bridgehead atoms. The second-order valence-electron chi connectivity index (χ2n) is 6.51. The number of methoxy groups -OCH3 is 1. The first-order valence-electron chi connectivity index (χ1n) is 9.27. The average molecular weight is 434 g/mol.